The normalized spacial score (nSPS) is 13.5. The lowest BCUT2D eigenvalue weighted by Crippen LogP contribution is -2.35. The van der Waals surface area contributed by atoms with Gasteiger partial charge in [0.15, 0.2) is 0 Å². The molecule has 26 heavy (non-hydrogen) atoms. The van der Waals surface area contributed by atoms with Crippen molar-refractivity contribution in [1.29, 1.82) is 0 Å². The molecule has 0 aliphatic carbocycles. The van der Waals surface area contributed by atoms with Crippen LogP contribution in [0.5, 0.6) is 5.75 Å². The number of benzene rings is 1. The number of carbonyl (C=O) groups is 1. The van der Waals surface area contributed by atoms with Crippen molar-refractivity contribution in [2.24, 2.45) is 0 Å². The van der Waals surface area contributed by atoms with Gasteiger partial charge in [0.1, 0.15) is 5.75 Å². The molecule has 0 spiro atoms. The molecule has 3 aromatic rings. The Morgan fingerprint density at radius 2 is 2.31 bits per heavy atom. The van der Waals surface area contributed by atoms with E-state index in [-0.39, 0.29) is 5.91 Å². The number of hydrogen-bond acceptors (Lipinski definition) is 6. The molecular formula is C19H19N3O3S. The molecule has 0 N–H and O–H groups in total. The SMILES string of the molecule is COc1ccc2c(c1)CCCN2C(=O)CCc1nc(-c2ccsc2)no1. The van der Waals surface area contributed by atoms with Gasteiger partial charge in [-0.15, -0.1) is 0 Å². The number of fused-ring (bicyclic) bond motifs is 1. The number of rotatable bonds is 5. The van der Waals surface area contributed by atoms with Crippen LogP contribution in [0.3, 0.4) is 0 Å². The Bertz CT molecular complexity index is 905. The first kappa shape index (κ1) is 16.8. The molecule has 0 radical (unpaired) electrons. The van der Waals surface area contributed by atoms with Crippen LogP contribution >= 0.6 is 11.3 Å². The number of amides is 1. The summed E-state index contributed by atoms with van der Waals surface area (Å²) in [5.74, 6) is 1.96. The van der Waals surface area contributed by atoms with Crippen LogP contribution in [0.2, 0.25) is 0 Å². The maximum absolute atomic E-state index is 12.7. The zero-order chi connectivity index (χ0) is 17.9. The first-order chi connectivity index (χ1) is 12.7. The number of methoxy groups -OCH3 is 1. The largest absolute Gasteiger partial charge is 0.497 e. The molecular weight excluding hydrogens is 350 g/mol. The molecule has 1 aliphatic heterocycles. The van der Waals surface area contributed by atoms with Crippen LogP contribution in [0.4, 0.5) is 5.69 Å². The van der Waals surface area contributed by atoms with Gasteiger partial charge in [0.25, 0.3) is 0 Å². The fourth-order valence-corrected chi connectivity index (χ4v) is 3.81. The van der Waals surface area contributed by atoms with Crippen LogP contribution in [0, 0.1) is 0 Å². The van der Waals surface area contributed by atoms with Crippen LogP contribution in [-0.4, -0.2) is 29.7 Å². The third-order valence-corrected chi connectivity index (χ3v) is 5.19. The van der Waals surface area contributed by atoms with Crippen molar-refractivity contribution in [3.63, 3.8) is 0 Å². The van der Waals surface area contributed by atoms with E-state index >= 15 is 0 Å². The molecule has 0 atom stereocenters. The number of anilines is 1. The maximum atomic E-state index is 12.7. The van der Waals surface area contributed by atoms with E-state index in [2.05, 4.69) is 10.1 Å². The number of aromatic nitrogens is 2. The van der Waals surface area contributed by atoms with E-state index in [1.54, 1.807) is 18.4 Å². The highest BCUT2D eigenvalue weighted by atomic mass is 32.1. The van der Waals surface area contributed by atoms with Gasteiger partial charge in [-0.3, -0.25) is 4.79 Å². The van der Waals surface area contributed by atoms with E-state index < -0.39 is 0 Å². The standard InChI is InChI=1S/C19H19N3O3S/c1-24-15-4-5-16-13(11-15)3-2-9-22(16)18(23)7-6-17-20-19(21-25-17)14-8-10-26-12-14/h4-5,8,10-12H,2-3,6-7,9H2,1H3. The highest BCUT2D eigenvalue weighted by Crippen LogP contribution is 2.31. The van der Waals surface area contributed by atoms with E-state index in [0.29, 0.717) is 24.6 Å². The van der Waals surface area contributed by atoms with E-state index in [1.165, 1.54) is 0 Å². The summed E-state index contributed by atoms with van der Waals surface area (Å²) < 4.78 is 10.6. The molecule has 7 heteroatoms. The fourth-order valence-electron chi connectivity index (χ4n) is 3.17. The Balaban J connectivity index is 1.43. The number of thiophene rings is 1. The van der Waals surface area contributed by atoms with Gasteiger partial charge in [0, 0.05) is 36.0 Å². The van der Waals surface area contributed by atoms with Crippen molar-refractivity contribution in [2.75, 3.05) is 18.6 Å². The van der Waals surface area contributed by atoms with E-state index in [1.807, 2.05) is 39.9 Å². The highest BCUT2D eigenvalue weighted by molar-refractivity contribution is 7.08. The van der Waals surface area contributed by atoms with Gasteiger partial charge >= 0.3 is 0 Å². The maximum Gasteiger partial charge on any atom is 0.227 e. The van der Waals surface area contributed by atoms with Crippen LogP contribution in [0.25, 0.3) is 11.4 Å². The van der Waals surface area contributed by atoms with Crippen molar-refractivity contribution in [3.05, 3.63) is 46.5 Å². The minimum atomic E-state index is 0.0754. The minimum absolute atomic E-state index is 0.0754. The van der Waals surface area contributed by atoms with Crippen LogP contribution in [0.15, 0.2) is 39.5 Å². The summed E-state index contributed by atoms with van der Waals surface area (Å²) in [5.41, 5.74) is 3.07. The van der Waals surface area contributed by atoms with Gasteiger partial charge in [-0.1, -0.05) is 5.16 Å². The smallest absolute Gasteiger partial charge is 0.227 e. The molecule has 4 rings (SSSR count). The summed E-state index contributed by atoms with van der Waals surface area (Å²) in [5, 5.41) is 7.93. The summed E-state index contributed by atoms with van der Waals surface area (Å²) >= 11 is 1.59. The second-order valence-corrected chi connectivity index (χ2v) is 6.95. The molecule has 0 fully saturated rings. The Morgan fingerprint density at radius 3 is 3.12 bits per heavy atom. The zero-order valence-electron chi connectivity index (χ0n) is 14.5. The number of hydrogen-bond donors (Lipinski definition) is 0. The van der Waals surface area contributed by atoms with Crippen LogP contribution in [0.1, 0.15) is 24.3 Å². The van der Waals surface area contributed by atoms with Crippen LogP contribution < -0.4 is 9.64 Å². The summed E-state index contributed by atoms with van der Waals surface area (Å²) in [4.78, 5) is 19.0. The predicted octanol–water partition coefficient (Wildman–Crippen LogP) is 3.72. The van der Waals surface area contributed by atoms with E-state index in [0.717, 1.165) is 42.0 Å². The molecule has 6 nitrogen and oxygen atoms in total. The van der Waals surface area contributed by atoms with Crippen molar-refractivity contribution in [1.82, 2.24) is 10.1 Å². The van der Waals surface area contributed by atoms with Crippen molar-refractivity contribution < 1.29 is 14.1 Å². The third kappa shape index (κ3) is 3.35. The minimum Gasteiger partial charge on any atom is -0.497 e. The molecule has 2 aromatic heterocycles. The molecule has 0 bridgehead atoms. The van der Waals surface area contributed by atoms with Crippen molar-refractivity contribution >= 4 is 22.9 Å². The van der Waals surface area contributed by atoms with Crippen LogP contribution in [-0.2, 0) is 17.6 Å². The summed E-state index contributed by atoms with van der Waals surface area (Å²) in [7, 11) is 1.65. The molecule has 1 aromatic carbocycles. The monoisotopic (exact) mass is 369 g/mol. The second-order valence-electron chi connectivity index (χ2n) is 6.17. The lowest BCUT2D eigenvalue weighted by atomic mass is 10.0. The number of aryl methyl sites for hydroxylation is 2. The number of nitrogens with zero attached hydrogens (tertiary/aromatic N) is 3. The van der Waals surface area contributed by atoms with E-state index in [4.69, 9.17) is 9.26 Å². The topological polar surface area (TPSA) is 68.5 Å². The van der Waals surface area contributed by atoms with Gasteiger partial charge in [-0.2, -0.15) is 16.3 Å². The number of carbonyl (C=O) groups excluding carboxylic acids is 1. The summed E-state index contributed by atoms with van der Waals surface area (Å²) in [6.07, 6.45) is 2.70. The quantitative estimate of drug-likeness (QED) is 0.686. The molecule has 0 saturated carbocycles. The molecule has 1 aliphatic rings. The molecule has 3 heterocycles. The molecule has 0 saturated heterocycles. The first-order valence-electron chi connectivity index (χ1n) is 8.57. The first-order valence-corrected chi connectivity index (χ1v) is 9.51. The summed E-state index contributed by atoms with van der Waals surface area (Å²) in [6, 6.07) is 7.82. The lowest BCUT2D eigenvalue weighted by Gasteiger charge is -2.29. The molecule has 0 unspecified atom stereocenters. The van der Waals surface area contributed by atoms with Gasteiger partial charge in [-0.05, 0) is 48.1 Å². The Hall–Kier alpha value is -2.67. The second kappa shape index (κ2) is 7.29. The Labute approximate surface area is 155 Å². The third-order valence-electron chi connectivity index (χ3n) is 4.51. The average molecular weight is 369 g/mol. The lowest BCUT2D eigenvalue weighted by molar-refractivity contribution is -0.118. The fraction of sp³-hybridized carbons (Fsp3) is 0.316. The Morgan fingerprint density at radius 1 is 1.38 bits per heavy atom. The van der Waals surface area contributed by atoms with Gasteiger partial charge in [0.2, 0.25) is 17.6 Å². The summed E-state index contributed by atoms with van der Waals surface area (Å²) in [6.45, 7) is 0.738. The van der Waals surface area contributed by atoms with Crippen molar-refractivity contribution in [3.8, 4) is 17.1 Å². The Kier molecular flexibility index (Phi) is 4.71. The predicted molar refractivity (Wildman–Crippen MR) is 99.6 cm³/mol. The van der Waals surface area contributed by atoms with E-state index in [9.17, 15) is 4.79 Å². The van der Waals surface area contributed by atoms with Gasteiger partial charge < -0.3 is 14.2 Å². The highest BCUT2D eigenvalue weighted by Gasteiger charge is 2.23. The van der Waals surface area contributed by atoms with Crippen molar-refractivity contribution in [2.45, 2.75) is 25.7 Å². The number of ether oxygens (including phenoxy) is 1. The average Bonchev–Trinajstić information content (AvgIpc) is 3.36. The molecule has 1 amide bonds. The zero-order valence-corrected chi connectivity index (χ0v) is 15.3. The van der Waals surface area contributed by atoms with Gasteiger partial charge in [0.05, 0.1) is 7.11 Å². The van der Waals surface area contributed by atoms with Gasteiger partial charge in [-0.25, -0.2) is 0 Å². The molecule has 134 valence electrons.